The molecule has 1 aromatic carbocycles. The summed E-state index contributed by atoms with van der Waals surface area (Å²) in [6.45, 7) is 1.76. The van der Waals surface area contributed by atoms with E-state index in [4.69, 9.17) is 22.3 Å². The summed E-state index contributed by atoms with van der Waals surface area (Å²) in [4.78, 5) is 0.643. The quantitative estimate of drug-likeness (QED) is 0.463. The summed E-state index contributed by atoms with van der Waals surface area (Å²) >= 11 is 4.85. The number of benzene rings is 1. The van der Waals surface area contributed by atoms with E-state index >= 15 is 0 Å². The van der Waals surface area contributed by atoms with Crippen molar-refractivity contribution in [3.8, 4) is 0 Å². The molecule has 1 aromatic rings. The molecule has 0 aromatic heterocycles. The summed E-state index contributed by atoms with van der Waals surface area (Å²) in [5.41, 5.74) is 1.21. The molecule has 1 rings (SSSR count). The van der Waals surface area contributed by atoms with E-state index in [0.717, 1.165) is 5.69 Å². The monoisotopic (exact) mass is 195 g/mol. The molecule has 0 saturated carbocycles. The molecule has 0 aliphatic rings. The van der Waals surface area contributed by atoms with Gasteiger partial charge in [0.15, 0.2) is 0 Å². The van der Waals surface area contributed by atoms with Crippen LogP contribution in [-0.2, 0) is 0 Å². The van der Waals surface area contributed by atoms with Gasteiger partial charge in [0.05, 0.1) is 4.99 Å². The van der Waals surface area contributed by atoms with E-state index in [2.05, 4.69) is 5.32 Å². The predicted octanol–water partition coefficient (Wildman–Crippen LogP) is 0.126. The smallest absolute Gasteiger partial charge is 0.423 e. The van der Waals surface area contributed by atoms with Crippen LogP contribution in [0.4, 0.5) is 5.69 Å². The Bertz CT molecular complexity index is 317. The summed E-state index contributed by atoms with van der Waals surface area (Å²) in [6.07, 6.45) is 0. The second kappa shape index (κ2) is 4.36. The van der Waals surface area contributed by atoms with E-state index < -0.39 is 7.12 Å². The third-order valence-corrected chi connectivity index (χ3v) is 1.61. The number of hydrogen-bond donors (Lipinski definition) is 3. The van der Waals surface area contributed by atoms with Crippen molar-refractivity contribution >= 4 is 35.5 Å². The molecule has 0 aliphatic carbocycles. The van der Waals surface area contributed by atoms with E-state index in [1.165, 1.54) is 0 Å². The molecule has 0 aliphatic heterocycles. The highest BCUT2D eigenvalue weighted by atomic mass is 32.1. The summed E-state index contributed by atoms with van der Waals surface area (Å²) in [5, 5.41) is 20.7. The minimum absolute atomic E-state index is 0.446. The maximum Gasteiger partial charge on any atom is 0.488 e. The fourth-order valence-electron chi connectivity index (χ4n) is 0.980. The first-order valence-electron chi connectivity index (χ1n) is 3.83. The zero-order valence-electron chi connectivity index (χ0n) is 7.19. The van der Waals surface area contributed by atoms with Gasteiger partial charge in [0.1, 0.15) is 0 Å². The van der Waals surface area contributed by atoms with Crippen LogP contribution in [0.3, 0.4) is 0 Å². The first-order valence-corrected chi connectivity index (χ1v) is 4.24. The zero-order valence-corrected chi connectivity index (χ0v) is 8.01. The maximum absolute atomic E-state index is 8.88. The number of anilines is 1. The summed E-state index contributed by atoms with van der Waals surface area (Å²) < 4.78 is 0. The lowest BCUT2D eigenvalue weighted by molar-refractivity contribution is 0.426. The fourth-order valence-corrected chi connectivity index (χ4v) is 1.10. The second-order valence-corrected chi connectivity index (χ2v) is 3.29. The minimum atomic E-state index is -1.44. The van der Waals surface area contributed by atoms with Gasteiger partial charge < -0.3 is 15.4 Å². The van der Waals surface area contributed by atoms with Gasteiger partial charge in [0.2, 0.25) is 0 Å². The van der Waals surface area contributed by atoms with Crippen LogP contribution in [0.5, 0.6) is 0 Å². The lowest BCUT2D eigenvalue weighted by Crippen LogP contribution is -2.29. The van der Waals surface area contributed by atoms with Crippen molar-refractivity contribution in [3.05, 3.63) is 24.3 Å². The Morgan fingerprint density at radius 3 is 2.69 bits per heavy atom. The molecule has 3 nitrogen and oxygen atoms in total. The predicted molar refractivity (Wildman–Crippen MR) is 58.2 cm³/mol. The first kappa shape index (κ1) is 10.2. The van der Waals surface area contributed by atoms with Gasteiger partial charge in [-0.05, 0) is 24.5 Å². The van der Waals surface area contributed by atoms with Gasteiger partial charge in [-0.2, -0.15) is 0 Å². The Hall–Kier alpha value is -0.905. The Morgan fingerprint density at radius 2 is 2.15 bits per heavy atom. The average molecular weight is 195 g/mol. The zero-order chi connectivity index (χ0) is 9.84. The molecular weight excluding hydrogens is 185 g/mol. The van der Waals surface area contributed by atoms with Gasteiger partial charge in [0, 0.05) is 5.69 Å². The number of hydrogen-bond acceptors (Lipinski definition) is 3. The molecule has 13 heavy (non-hydrogen) atoms. The van der Waals surface area contributed by atoms with E-state index in [1.54, 1.807) is 25.1 Å². The molecule has 0 fully saturated rings. The van der Waals surface area contributed by atoms with Gasteiger partial charge in [-0.3, -0.25) is 0 Å². The highest BCUT2D eigenvalue weighted by Gasteiger charge is 2.10. The van der Waals surface area contributed by atoms with Crippen molar-refractivity contribution in [3.63, 3.8) is 0 Å². The number of nitrogens with one attached hydrogen (secondary N) is 1. The fraction of sp³-hybridized carbons (Fsp3) is 0.125. The van der Waals surface area contributed by atoms with Crippen LogP contribution >= 0.6 is 12.2 Å². The Morgan fingerprint density at radius 1 is 1.46 bits per heavy atom. The molecule has 0 radical (unpaired) electrons. The Kier molecular flexibility index (Phi) is 3.42. The van der Waals surface area contributed by atoms with Crippen LogP contribution in [0.15, 0.2) is 24.3 Å². The molecule has 0 amide bonds. The van der Waals surface area contributed by atoms with E-state index in [-0.39, 0.29) is 0 Å². The molecule has 68 valence electrons. The molecule has 0 heterocycles. The lowest BCUT2D eigenvalue weighted by atomic mass is 9.80. The molecule has 3 N–H and O–H groups in total. The van der Waals surface area contributed by atoms with Crippen LogP contribution in [0.2, 0.25) is 0 Å². The average Bonchev–Trinajstić information content (AvgIpc) is 2.03. The van der Waals surface area contributed by atoms with Crippen molar-refractivity contribution in [1.82, 2.24) is 0 Å². The van der Waals surface area contributed by atoms with Crippen LogP contribution in [0.25, 0.3) is 0 Å². The number of rotatable bonds is 2. The largest absolute Gasteiger partial charge is 0.488 e. The highest BCUT2D eigenvalue weighted by molar-refractivity contribution is 7.80. The minimum Gasteiger partial charge on any atom is -0.423 e. The SMILES string of the molecule is CC(=S)Nc1cccc(B(O)O)c1. The van der Waals surface area contributed by atoms with Gasteiger partial charge in [-0.1, -0.05) is 24.4 Å². The van der Waals surface area contributed by atoms with Gasteiger partial charge in [-0.25, -0.2) is 0 Å². The van der Waals surface area contributed by atoms with E-state index in [1.807, 2.05) is 6.07 Å². The third-order valence-electron chi connectivity index (χ3n) is 1.51. The molecule has 0 spiro atoms. The maximum atomic E-state index is 8.88. The Balaban J connectivity index is 2.85. The topological polar surface area (TPSA) is 52.5 Å². The standard InChI is InChI=1S/C8H10BNO2S/c1-6(13)10-8-4-2-3-7(5-8)9(11)12/h2-5,11-12H,1H3,(H,10,13). The van der Waals surface area contributed by atoms with Crippen molar-refractivity contribution in [2.75, 3.05) is 5.32 Å². The molecule has 0 atom stereocenters. The molecule has 0 bridgehead atoms. The molecular formula is C8H10BNO2S. The molecule has 0 saturated heterocycles. The van der Waals surface area contributed by atoms with Crippen LogP contribution in [0.1, 0.15) is 6.92 Å². The van der Waals surface area contributed by atoms with E-state index in [0.29, 0.717) is 10.5 Å². The van der Waals surface area contributed by atoms with Gasteiger partial charge in [0.25, 0.3) is 0 Å². The summed E-state index contributed by atoms with van der Waals surface area (Å²) in [6, 6.07) is 6.81. The van der Waals surface area contributed by atoms with Crippen molar-refractivity contribution in [2.45, 2.75) is 6.92 Å². The van der Waals surface area contributed by atoms with Gasteiger partial charge in [-0.15, -0.1) is 0 Å². The number of thiocarbonyl (C=S) groups is 1. The molecule has 5 heteroatoms. The lowest BCUT2D eigenvalue weighted by Gasteiger charge is -2.05. The van der Waals surface area contributed by atoms with Crippen molar-refractivity contribution < 1.29 is 10.0 Å². The normalized spacial score (nSPS) is 9.46. The van der Waals surface area contributed by atoms with Crippen LogP contribution in [0, 0.1) is 0 Å². The first-order chi connectivity index (χ1) is 6.09. The summed E-state index contributed by atoms with van der Waals surface area (Å²) in [7, 11) is -1.44. The third kappa shape index (κ3) is 3.14. The van der Waals surface area contributed by atoms with Crippen LogP contribution < -0.4 is 10.8 Å². The van der Waals surface area contributed by atoms with Crippen molar-refractivity contribution in [1.29, 1.82) is 0 Å². The molecule has 0 unspecified atom stereocenters. The highest BCUT2D eigenvalue weighted by Crippen LogP contribution is 2.03. The van der Waals surface area contributed by atoms with Crippen LogP contribution in [-0.4, -0.2) is 22.2 Å². The van der Waals surface area contributed by atoms with Crippen molar-refractivity contribution in [2.24, 2.45) is 0 Å². The summed E-state index contributed by atoms with van der Waals surface area (Å²) in [5.74, 6) is 0. The van der Waals surface area contributed by atoms with E-state index in [9.17, 15) is 0 Å². The van der Waals surface area contributed by atoms with Gasteiger partial charge >= 0.3 is 7.12 Å². The Labute approximate surface area is 82.6 Å². The second-order valence-electron chi connectivity index (χ2n) is 2.68.